The van der Waals surface area contributed by atoms with Gasteiger partial charge in [0.25, 0.3) is 11.8 Å². The Morgan fingerprint density at radius 2 is 1.84 bits per heavy atom. The lowest BCUT2D eigenvalue weighted by Crippen LogP contribution is -2.54. The summed E-state index contributed by atoms with van der Waals surface area (Å²) in [6, 6.07) is 0.968. The van der Waals surface area contributed by atoms with E-state index in [-0.39, 0.29) is 17.8 Å². The summed E-state index contributed by atoms with van der Waals surface area (Å²) in [5, 5.41) is 12.7. The van der Waals surface area contributed by atoms with Crippen LogP contribution in [-0.4, -0.2) is 38.5 Å². The fourth-order valence-electron chi connectivity index (χ4n) is 5.50. The third-order valence-electron chi connectivity index (χ3n) is 6.99. The SMILES string of the molecule is C[C@H]1C[C@@H]2C[C@H]1N1C(=O)c3c(O)c(=O)c(C(=O)NCc4c(F)cc(F)cc4F)cn3C[C@H]21. The number of carbonyl (C=O) groups excluding carboxylic acids is 2. The van der Waals surface area contributed by atoms with E-state index in [1.54, 1.807) is 4.90 Å². The first-order chi connectivity index (χ1) is 15.2. The maximum Gasteiger partial charge on any atom is 0.275 e. The van der Waals surface area contributed by atoms with Gasteiger partial charge in [0.2, 0.25) is 5.43 Å². The highest BCUT2D eigenvalue weighted by atomic mass is 19.1. The molecule has 0 radical (unpaired) electrons. The summed E-state index contributed by atoms with van der Waals surface area (Å²) in [6.07, 6.45) is 3.07. The van der Waals surface area contributed by atoms with E-state index in [1.165, 1.54) is 10.8 Å². The molecule has 2 N–H and O–H groups in total. The van der Waals surface area contributed by atoms with Gasteiger partial charge in [-0.2, -0.15) is 0 Å². The Hall–Kier alpha value is -3.30. The number of nitrogens with zero attached hydrogens (tertiary/aromatic N) is 2. The van der Waals surface area contributed by atoms with E-state index in [0.717, 1.165) is 12.8 Å². The summed E-state index contributed by atoms with van der Waals surface area (Å²) >= 11 is 0. The first-order valence-electron chi connectivity index (χ1n) is 10.4. The second-order valence-electron chi connectivity index (χ2n) is 8.81. The van der Waals surface area contributed by atoms with Crippen molar-refractivity contribution in [2.24, 2.45) is 11.8 Å². The molecule has 1 aliphatic carbocycles. The maximum absolute atomic E-state index is 13.8. The van der Waals surface area contributed by atoms with Gasteiger partial charge in [-0.1, -0.05) is 6.92 Å². The molecule has 2 aliphatic heterocycles. The third-order valence-corrected chi connectivity index (χ3v) is 6.99. The topological polar surface area (TPSA) is 91.6 Å². The van der Waals surface area contributed by atoms with Crippen molar-refractivity contribution in [3.8, 4) is 5.75 Å². The molecule has 2 aromatic rings. The Kier molecular flexibility index (Phi) is 4.58. The number of fused-ring (bicyclic) bond motifs is 6. The Labute approximate surface area is 180 Å². The fraction of sp³-hybridized carbons (Fsp3) is 0.409. The van der Waals surface area contributed by atoms with Gasteiger partial charge in [-0.25, -0.2) is 13.2 Å². The largest absolute Gasteiger partial charge is 0.503 e. The molecule has 4 atom stereocenters. The number of hydrogen-bond donors (Lipinski definition) is 2. The van der Waals surface area contributed by atoms with E-state index < -0.39 is 58.1 Å². The van der Waals surface area contributed by atoms with E-state index in [0.29, 0.717) is 30.5 Å². The number of pyridine rings is 1. The van der Waals surface area contributed by atoms with Crippen LogP contribution < -0.4 is 10.7 Å². The minimum Gasteiger partial charge on any atom is -0.503 e. The van der Waals surface area contributed by atoms with Gasteiger partial charge in [-0.3, -0.25) is 14.4 Å². The number of rotatable bonds is 3. The van der Waals surface area contributed by atoms with Crippen LogP contribution in [0.5, 0.6) is 5.75 Å². The molecule has 1 aromatic heterocycles. The molecule has 2 bridgehead atoms. The van der Waals surface area contributed by atoms with Crippen LogP contribution >= 0.6 is 0 Å². The van der Waals surface area contributed by atoms with Gasteiger partial charge in [0.15, 0.2) is 11.4 Å². The normalized spacial score (nSPS) is 25.6. The molecule has 3 aliphatic rings. The number of piperidine rings is 1. The summed E-state index contributed by atoms with van der Waals surface area (Å²) in [6.45, 7) is 1.79. The second kappa shape index (κ2) is 7.11. The first-order valence-corrected chi connectivity index (χ1v) is 10.4. The minimum absolute atomic E-state index is 0.0728. The van der Waals surface area contributed by atoms with Gasteiger partial charge < -0.3 is 19.9 Å². The first kappa shape index (κ1) is 20.6. The number of nitrogens with one attached hydrogen (secondary N) is 1. The number of hydrogen-bond acceptors (Lipinski definition) is 4. The highest BCUT2D eigenvalue weighted by molar-refractivity contribution is 5.99. The second-order valence-corrected chi connectivity index (χ2v) is 8.81. The van der Waals surface area contributed by atoms with Gasteiger partial charge in [-0.05, 0) is 24.7 Å². The molecule has 32 heavy (non-hydrogen) atoms. The Morgan fingerprint density at radius 3 is 2.53 bits per heavy atom. The molecule has 1 aromatic carbocycles. The molecule has 3 heterocycles. The quantitative estimate of drug-likeness (QED) is 0.755. The maximum atomic E-state index is 13.8. The fourth-order valence-corrected chi connectivity index (χ4v) is 5.50. The zero-order chi connectivity index (χ0) is 22.9. The van der Waals surface area contributed by atoms with Gasteiger partial charge in [0.1, 0.15) is 23.0 Å². The predicted octanol–water partition coefficient (Wildman–Crippen LogP) is 2.15. The zero-order valence-corrected chi connectivity index (χ0v) is 17.1. The standard InChI is InChI=1S/C22H20F3N3O4/c1-9-2-10-3-16(9)28-17(10)8-27-7-13(19(29)20(30)18(27)22(28)32)21(31)26-6-12-14(24)4-11(23)5-15(12)25/h4-5,7,9-10,16-17,30H,2-3,6,8H2,1H3,(H,26,31)/t9-,10+,16+,17+/m0/s1. The van der Waals surface area contributed by atoms with Crippen LogP contribution in [-0.2, 0) is 13.1 Å². The molecule has 2 fully saturated rings. The molecule has 1 saturated carbocycles. The highest BCUT2D eigenvalue weighted by Crippen LogP contribution is 2.48. The van der Waals surface area contributed by atoms with E-state index in [2.05, 4.69) is 12.2 Å². The number of benzene rings is 1. The molecule has 7 nitrogen and oxygen atoms in total. The van der Waals surface area contributed by atoms with E-state index in [1.807, 2.05) is 0 Å². The molecule has 0 unspecified atom stereocenters. The Balaban J connectivity index is 1.44. The van der Waals surface area contributed by atoms with Crippen molar-refractivity contribution in [2.75, 3.05) is 0 Å². The molecular formula is C22H20F3N3O4. The van der Waals surface area contributed by atoms with E-state index >= 15 is 0 Å². The van der Waals surface area contributed by atoms with Crippen molar-refractivity contribution in [3.05, 3.63) is 62.8 Å². The third kappa shape index (κ3) is 2.92. The van der Waals surface area contributed by atoms with Crippen molar-refractivity contribution in [1.29, 1.82) is 0 Å². The molecule has 0 spiro atoms. The summed E-state index contributed by atoms with van der Waals surface area (Å²) < 4.78 is 42.1. The average molecular weight is 447 g/mol. The molecular weight excluding hydrogens is 427 g/mol. The van der Waals surface area contributed by atoms with Crippen LogP contribution in [0.3, 0.4) is 0 Å². The molecule has 5 rings (SSSR count). The Bertz CT molecular complexity index is 1200. The molecule has 168 valence electrons. The van der Waals surface area contributed by atoms with Gasteiger partial charge in [0, 0.05) is 43.0 Å². The number of aromatic nitrogens is 1. The van der Waals surface area contributed by atoms with Crippen LogP contribution in [0.25, 0.3) is 0 Å². The van der Waals surface area contributed by atoms with Gasteiger partial charge >= 0.3 is 0 Å². The van der Waals surface area contributed by atoms with Crippen molar-refractivity contribution in [3.63, 3.8) is 0 Å². The van der Waals surface area contributed by atoms with Crippen molar-refractivity contribution in [1.82, 2.24) is 14.8 Å². The summed E-state index contributed by atoms with van der Waals surface area (Å²) in [7, 11) is 0. The summed E-state index contributed by atoms with van der Waals surface area (Å²) in [5.74, 6) is -5.02. The molecule has 2 amide bonds. The number of aromatic hydroxyl groups is 1. The lowest BCUT2D eigenvalue weighted by molar-refractivity contribution is 0.0396. The van der Waals surface area contributed by atoms with Crippen molar-refractivity contribution >= 4 is 11.8 Å². The number of halogens is 3. The molecule has 1 saturated heterocycles. The van der Waals surface area contributed by atoms with E-state index in [4.69, 9.17) is 0 Å². The Morgan fingerprint density at radius 1 is 1.16 bits per heavy atom. The van der Waals surface area contributed by atoms with Crippen LogP contribution in [0.15, 0.2) is 23.1 Å². The van der Waals surface area contributed by atoms with Crippen LogP contribution in [0.1, 0.15) is 46.2 Å². The van der Waals surface area contributed by atoms with Crippen molar-refractivity contribution in [2.45, 2.75) is 44.9 Å². The van der Waals surface area contributed by atoms with E-state index in [9.17, 15) is 32.7 Å². The summed E-state index contributed by atoms with van der Waals surface area (Å²) in [5.41, 5.74) is -2.22. The van der Waals surface area contributed by atoms with Crippen LogP contribution in [0, 0.1) is 29.3 Å². The highest BCUT2D eigenvalue weighted by Gasteiger charge is 2.54. The predicted molar refractivity (Wildman–Crippen MR) is 105 cm³/mol. The lowest BCUT2D eigenvalue weighted by atomic mass is 9.91. The summed E-state index contributed by atoms with van der Waals surface area (Å²) in [4.78, 5) is 40.1. The smallest absolute Gasteiger partial charge is 0.275 e. The van der Waals surface area contributed by atoms with Gasteiger partial charge in [0.05, 0.1) is 6.04 Å². The number of amides is 2. The lowest BCUT2D eigenvalue weighted by Gasteiger charge is -2.42. The van der Waals surface area contributed by atoms with Crippen LogP contribution in [0.2, 0.25) is 0 Å². The zero-order valence-electron chi connectivity index (χ0n) is 17.1. The monoisotopic (exact) mass is 447 g/mol. The average Bonchev–Trinajstić information content (AvgIpc) is 3.27. The minimum atomic E-state index is -1.18. The van der Waals surface area contributed by atoms with Crippen LogP contribution in [0.4, 0.5) is 13.2 Å². The van der Waals surface area contributed by atoms with Crippen molar-refractivity contribution < 1.29 is 27.9 Å². The van der Waals surface area contributed by atoms with Gasteiger partial charge in [-0.15, -0.1) is 0 Å². The molecule has 10 heteroatoms. The number of carbonyl (C=O) groups is 2.